The zero-order valence-electron chi connectivity index (χ0n) is 7.71. The maximum atomic E-state index is 9.55. The molecule has 0 amide bonds. The molecule has 0 aliphatic rings. The molecule has 1 atom stereocenters. The van der Waals surface area contributed by atoms with Crippen molar-refractivity contribution in [2.75, 3.05) is 0 Å². The largest absolute Gasteiger partial charge is 0.392 e. The van der Waals surface area contributed by atoms with Crippen LogP contribution in [0.3, 0.4) is 0 Å². The molecule has 0 heterocycles. The zero-order chi connectivity index (χ0) is 10.6. The Morgan fingerprint density at radius 1 is 1.57 bits per heavy atom. The normalized spacial score (nSPS) is 12.5. The summed E-state index contributed by atoms with van der Waals surface area (Å²) in [7, 11) is 0. The van der Waals surface area contributed by atoms with E-state index in [1.807, 2.05) is 18.2 Å². The highest BCUT2D eigenvalue weighted by atomic mass is 79.9. The Morgan fingerprint density at radius 3 is 2.86 bits per heavy atom. The second kappa shape index (κ2) is 5.54. The lowest BCUT2D eigenvalue weighted by molar-refractivity contribution is 0.178. The Labute approximate surface area is 97.5 Å². The van der Waals surface area contributed by atoms with E-state index >= 15 is 0 Å². The standard InChI is InChI=1S/C11H12BrClO/c1-2-3-10(14)6-8-4-5-9(12)7-11(8)13/h2,4-5,7,10,14H,1,3,6H2. The molecule has 0 spiro atoms. The molecular formula is C11H12BrClO. The van der Waals surface area contributed by atoms with Gasteiger partial charge in [0.1, 0.15) is 0 Å². The summed E-state index contributed by atoms with van der Waals surface area (Å²) in [6, 6.07) is 5.66. The van der Waals surface area contributed by atoms with Gasteiger partial charge in [-0.25, -0.2) is 0 Å². The third-order valence-electron chi connectivity index (χ3n) is 1.91. The number of aliphatic hydroxyl groups is 1. The maximum Gasteiger partial charge on any atom is 0.0615 e. The molecule has 0 bridgehead atoms. The van der Waals surface area contributed by atoms with Gasteiger partial charge in [0.2, 0.25) is 0 Å². The van der Waals surface area contributed by atoms with Crippen molar-refractivity contribution < 1.29 is 5.11 Å². The first kappa shape index (κ1) is 11.8. The van der Waals surface area contributed by atoms with Crippen molar-refractivity contribution in [3.05, 3.63) is 45.9 Å². The van der Waals surface area contributed by atoms with Gasteiger partial charge in [0.15, 0.2) is 0 Å². The van der Waals surface area contributed by atoms with Gasteiger partial charge < -0.3 is 5.11 Å². The van der Waals surface area contributed by atoms with E-state index in [1.165, 1.54) is 0 Å². The number of rotatable bonds is 4. The maximum absolute atomic E-state index is 9.55. The minimum absolute atomic E-state index is 0.397. The van der Waals surface area contributed by atoms with Crippen LogP contribution in [0.15, 0.2) is 35.3 Å². The lowest BCUT2D eigenvalue weighted by Gasteiger charge is -2.09. The highest BCUT2D eigenvalue weighted by Crippen LogP contribution is 2.22. The van der Waals surface area contributed by atoms with Gasteiger partial charge in [-0.1, -0.05) is 39.7 Å². The summed E-state index contributed by atoms with van der Waals surface area (Å²) in [6.07, 6.45) is 2.47. The summed E-state index contributed by atoms with van der Waals surface area (Å²) in [5.41, 5.74) is 0.962. The molecule has 3 heteroatoms. The van der Waals surface area contributed by atoms with Crippen molar-refractivity contribution in [2.45, 2.75) is 18.9 Å². The molecular weight excluding hydrogens is 263 g/mol. The summed E-state index contributed by atoms with van der Waals surface area (Å²) >= 11 is 9.34. The van der Waals surface area contributed by atoms with E-state index in [-0.39, 0.29) is 0 Å². The molecule has 0 aliphatic carbocycles. The van der Waals surface area contributed by atoms with Gasteiger partial charge in [-0.2, -0.15) is 0 Å². The van der Waals surface area contributed by atoms with Crippen molar-refractivity contribution in [3.63, 3.8) is 0 Å². The number of aliphatic hydroxyl groups excluding tert-OH is 1. The van der Waals surface area contributed by atoms with Crippen LogP contribution in [0.5, 0.6) is 0 Å². The first-order chi connectivity index (χ1) is 6.63. The Bertz CT molecular complexity index is 325. The molecule has 0 saturated carbocycles. The molecule has 76 valence electrons. The molecule has 14 heavy (non-hydrogen) atoms. The molecule has 1 unspecified atom stereocenters. The van der Waals surface area contributed by atoms with Gasteiger partial charge in [0.25, 0.3) is 0 Å². The summed E-state index contributed by atoms with van der Waals surface area (Å²) in [5.74, 6) is 0. The van der Waals surface area contributed by atoms with Crippen LogP contribution in [-0.2, 0) is 6.42 Å². The second-order valence-corrected chi connectivity index (χ2v) is 4.44. The molecule has 1 aromatic rings. The van der Waals surface area contributed by atoms with Crippen molar-refractivity contribution in [3.8, 4) is 0 Å². The molecule has 1 aromatic carbocycles. The Hall–Kier alpha value is -0.310. The molecule has 1 N–H and O–H groups in total. The van der Waals surface area contributed by atoms with Crippen LogP contribution in [0.1, 0.15) is 12.0 Å². The minimum Gasteiger partial charge on any atom is -0.392 e. The van der Waals surface area contributed by atoms with Crippen molar-refractivity contribution in [1.82, 2.24) is 0 Å². The van der Waals surface area contributed by atoms with Crippen LogP contribution in [0.25, 0.3) is 0 Å². The van der Waals surface area contributed by atoms with Gasteiger partial charge in [-0.05, 0) is 24.1 Å². The minimum atomic E-state index is -0.397. The fourth-order valence-corrected chi connectivity index (χ4v) is 1.97. The average Bonchev–Trinajstić information content (AvgIpc) is 2.10. The number of hydrogen-bond donors (Lipinski definition) is 1. The van der Waals surface area contributed by atoms with E-state index in [0.29, 0.717) is 17.9 Å². The Kier molecular flexibility index (Phi) is 4.66. The average molecular weight is 276 g/mol. The SMILES string of the molecule is C=CCC(O)Cc1ccc(Br)cc1Cl. The molecule has 0 radical (unpaired) electrons. The molecule has 0 fully saturated rings. The molecule has 0 saturated heterocycles. The van der Waals surface area contributed by atoms with Crippen LogP contribution in [-0.4, -0.2) is 11.2 Å². The number of halogens is 2. The Balaban J connectivity index is 2.71. The van der Waals surface area contributed by atoms with Crippen LogP contribution < -0.4 is 0 Å². The lowest BCUT2D eigenvalue weighted by atomic mass is 10.1. The fourth-order valence-electron chi connectivity index (χ4n) is 1.22. The topological polar surface area (TPSA) is 20.2 Å². The third-order valence-corrected chi connectivity index (χ3v) is 2.75. The first-order valence-corrected chi connectivity index (χ1v) is 5.53. The fraction of sp³-hybridized carbons (Fsp3) is 0.273. The van der Waals surface area contributed by atoms with E-state index in [4.69, 9.17) is 11.6 Å². The van der Waals surface area contributed by atoms with Crippen molar-refractivity contribution in [2.24, 2.45) is 0 Å². The van der Waals surface area contributed by atoms with Crippen LogP contribution >= 0.6 is 27.5 Å². The molecule has 1 nitrogen and oxygen atoms in total. The zero-order valence-corrected chi connectivity index (χ0v) is 10.1. The smallest absolute Gasteiger partial charge is 0.0615 e. The van der Waals surface area contributed by atoms with Gasteiger partial charge >= 0.3 is 0 Å². The van der Waals surface area contributed by atoms with E-state index in [0.717, 1.165) is 10.0 Å². The Morgan fingerprint density at radius 2 is 2.29 bits per heavy atom. The quantitative estimate of drug-likeness (QED) is 0.833. The highest BCUT2D eigenvalue weighted by molar-refractivity contribution is 9.10. The van der Waals surface area contributed by atoms with Crippen LogP contribution in [0, 0.1) is 0 Å². The van der Waals surface area contributed by atoms with Gasteiger partial charge in [0.05, 0.1) is 6.10 Å². The molecule has 0 aliphatic heterocycles. The molecule has 0 aromatic heterocycles. The summed E-state index contributed by atoms with van der Waals surface area (Å²) in [5, 5.41) is 10.2. The van der Waals surface area contributed by atoms with Gasteiger partial charge in [0, 0.05) is 15.9 Å². The van der Waals surface area contributed by atoms with Crippen LogP contribution in [0.2, 0.25) is 5.02 Å². The summed E-state index contributed by atoms with van der Waals surface area (Å²) in [6.45, 7) is 3.58. The third kappa shape index (κ3) is 3.45. The predicted octanol–water partition coefficient (Wildman–Crippen LogP) is 3.58. The van der Waals surface area contributed by atoms with Crippen LogP contribution in [0.4, 0.5) is 0 Å². The summed E-state index contributed by atoms with van der Waals surface area (Å²) in [4.78, 5) is 0. The van der Waals surface area contributed by atoms with E-state index in [1.54, 1.807) is 6.08 Å². The highest BCUT2D eigenvalue weighted by Gasteiger charge is 2.07. The monoisotopic (exact) mass is 274 g/mol. The van der Waals surface area contributed by atoms with Crippen molar-refractivity contribution in [1.29, 1.82) is 0 Å². The van der Waals surface area contributed by atoms with Gasteiger partial charge in [-0.15, -0.1) is 6.58 Å². The second-order valence-electron chi connectivity index (χ2n) is 3.12. The lowest BCUT2D eigenvalue weighted by Crippen LogP contribution is -2.09. The van der Waals surface area contributed by atoms with E-state index in [2.05, 4.69) is 22.5 Å². The number of hydrogen-bond acceptors (Lipinski definition) is 1. The van der Waals surface area contributed by atoms with Gasteiger partial charge in [-0.3, -0.25) is 0 Å². The molecule has 1 rings (SSSR count). The number of benzene rings is 1. The van der Waals surface area contributed by atoms with Crippen molar-refractivity contribution >= 4 is 27.5 Å². The first-order valence-electron chi connectivity index (χ1n) is 4.36. The van der Waals surface area contributed by atoms with E-state index < -0.39 is 6.10 Å². The van der Waals surface area contributed by atoms with E-state index in [9.17, 15) is 5.11 Å². The summed E-state index contributed by atoms with van der Waals surface area (Å²) < 4.78 is 0.949. The predicted molar refractivity (Wildman–Crippen MR) is 63.7 cm³/mol.